The third-order valence-corrected chi connectivity index (χ3v) is 4.81. The molecule has 0 fully saturated rings. The monoisotopic (exact) mass is 432 g/mol. The van der Waals surface area contributed by atoms with Gasteiger partial charge in [-0.3, -0.25) is 25.2 Å². The van der Waals surface area contributed by atoms with E-state index in [4.69, 9.17) is 9.47 Å². The summed E-state index contributed by atoms with van der Waals surface area (Å²) in [7, 11) is 1.53. The van der Waals surface area contributed by atoms with Crippen LogP contribution in [0.4, 0.5) is 0 Å². The summed E-state index contributed by atoms with van der Waals surface area (Å²) >= 11 is 0. The van der Waals surface area contributed by atoms with Crippen molar-refractivity contribution in [1.29, 1.82) is 0 Å². The van der Waals surface area contributed by atoms with E-state index < -0.39 is 24.4 Å². The summed E-state index contributed by atoms with van der Waals surface area (Å²) < 4.78 is 10.2. The molecule has 32 heavy (non-hydrogen) atoms. The second-order valence-corrected chi connectivity index (χ2v) is 6.97. The highest BCUT2D eigenvalue weighted by Gasteiger charge is 2.20. The Balaban J connectivity index is 1.50. The van der Waals surface area contributed by atoms with E-state index in [1.807, 2.05) is 60.7 Å². The molecule has 0 aliphatic carbocycles. The lowest BCUT2D eigenvalue weighted by atomic mass is 9.89. The highest BCUT2D eigenvalue weighted by molar-refractivity contribution is 5.95. The number of rotatable bonds is 8. The maximum absolute atomic E-state index is 12.4. The number of hydrazine groups is 1. The molecular formula is C25H24N2O5. The van der Waals surface area contributed by atoms with Crippen molar-refractivity contribution in [2.24, 2.45) is 0 Å². The summed E-state index contributed by atoms with van der Waals surface area (Å²) in [4.78, 5) is 36.5. The lowest BCUT2D eigenvalue weighted by Gasteiger charge is -2.17. The van der Waals surface area contributed by atoms with Gasteiger partial charge in [0.2, 0.25) is 0 Å². The number of benzene rings is 3. The lowest BCUT2D eigenvalue weighted by Crippen LogP contribution is -2.43. The van der Waals surface area contributed by atoms with E-state index >= 15 is 0 Å². The Morgan fingerprint density at radius 3 is 1.88 bits per heavy atom. The minimum absolute atomic E-state index is 0.0829. The molecule has 0 spiro atoms. The van der Waals surface area contributed by atoms with Gasteiger partial charge in [-0.1, -0.05) is 60.7 Å². The Morgan fingerprint density at radius 2 is 1.34 bits per heavy atom. The topological polar surface area (TPSA) is 93.7 Å². The van der Waals surface area contributed by atoms with Gasteiger partial charge in [0.1, 0.15) is 5.75 Å². The van der Waals surface area contributed by atoms with Crippen LogP contribution in [0.15, 0.2) is 84.9 Å². The van der Waals surface area contributed by atoms with Crippen LogP contribution >= 0.6 is 0 Å². The quantitative estimate of drug-likeness (QED) is 0.421. The molecule has 2 amide bonds. The van der Waals surface area contributed by atoms with Crippen molar-refractivity contribution in [2.75, 3.05) is 13.7 Å². The van der Waals surface area contributed by atoms with Crippen molar-refractivity contribution in [1.82, 2.24) is 10.9 Å². The first kappa shape index (κ1) is 22.6. The van der Waals surface area contributed by atoms with Crippen LogP contribution < -0.4 is 15.6 Å². The average Bonchev–Trinajstić information content (AvgIpc) is 2.85. The van der Waals surface area contributed by atoms with Crippen molar-refractivity contribution in [2.45, 2.75) is 12.3 Å². The van der Waals surface area contributed by atoms with Crippen molar-refractivity contribution in [3.8, 4) is 5.75 Å². The zero-order valence-electron chi connectivity index (χ0n) is 17.6. The van der Waals surface area contributed by atoms with Gasteiger partial charge in [-0.05, 0) is 35.4 Å². The zero-order valence-corrected chi connectivity index (χ0v) is 17.6. The largest absolute Gasteiger partial charge is 0.497 e. The van der Waals surface area contributed by atoms with E-state index in [2.05, 4.69) is 10.9 Å². The van der Waals surface area contributed by atoms with Crippen molar-refractivity contribution in [3.05, 3.63) is 102 Å². The molecular weight excluding hydrogens is 408 g/mol. The Morgan fingerprint density at radius 1 is 0.781 bits per heavy atom. The molecule has 3 aromatic carbocycles. The fraction of sp³-hybridized carbons (Fsp3) is 0.160. The summed E-state index contributed by atoms with van der Waals surface area (Å²) in [6.45, 7) is -0.502. The molecule has 7 heteroatoms. The first-order valence-electron chi connectivity index (χ1n) is 10.1. The summed E-state index contributed by atoms with van der Waals surface area (Å²) in [5.74, 6) is -1.24. The molecule has 0 saturated carbocycles. The van der Waals surface area contributed by atoms with Crippen molar-refractivity contribution in [3.63, 3.8) is 0 Å². The van der Waals surface area contributed by atoms with Crippen LogP contribution in [0, 0.1) is 0 Å². The predicted molar refractivity (Wildman–Crippen MR) is 119 cm³/mol. The number of hydrogen-bond donors (Lipinski definition) is 2. The molecule has 7 nitrogen and oxygen atoms in total. The van der Waals surface area contributed by atoms with E-state index in [0.29, 0.717) is 11.3 Å². The van der Waals surface area contributed by atoms with Crippen molar-refractivity contribution >= 4 is 17.8 Å². The van der Waals surface area contributed by atoms with Crippen molar-refractivity contribution < 1.29 is 23.9 Å². The summed E-state index contributed by atoms with van der Waals surface area (Å²) in [6.07, 6.45) is 0.0829. The van der Waals surface area contributed by atoms with Crippen LogP contribution in [0.3, 0.4) is 0 Å². The molecule has 0 atom stereocenters. The fourth-order valence-corrected chi connectivity index (χ4v) is 3.15. The van der Waals surface area contributed by atoms with Gasteiger partial charge in [-0.15, -0.1) is 0 Å². The first-order chi connectivity index (χ1) is 15.6. The van der Waals surface area contributed by atoms with Crippen LogP contribution in [-0.2, 0) is 14.3 Å². The predicted octanol–water partition coefficient (Wildman–Crippen LogP) is 3.22. The standard InChI is InChI=1S/C25H24N2O5/c1-31-21-14-12-20(13-15-21)25(30)27-26-23(28)17-32-24(29)16-22(18-8-4-2-5-9-18)19-10-6-3-7-11-19/h2-15,22H,16-17H2,1H3,(H,26,28)(H,27,30). The molecule has 0 unspecified atom stereocenters. The Hall–Kier alpha value is -4.13. The van der Waals surface area contributed by atoms with Crippen LogP contribution in [0.5, 0.6) is 5.75 Å². The maximum Gasteiger partial charge on any atom is 0.307 e. The van der Waals surface area contributed by atoms with Crippen LogP contribution in [-0.4, -0.2) is 31.5 Å². The van der Waals surface area contributed by atoms with E-state index in [1.165, 1.54) is 7.11 Å². The van der Waals surface area contributed by atoms with Gasteiger partial charge in [0.05, 0.1) is 13.5 Å². The van der Waals surface area contributed by atoms with Gasteiger partial charge in [-0.2, -0.15) is 0 Å². The van der Waals surface area contributed by atoms with E-state index in [0.717, 1.165) is 11.1 Å². The van der Waals surface area contributed by atoms with Gasteiger partial charge in [0, 0.05) is 11.5 Å². The number of hydrogen-bond acceptors (Lipinski definition) is 5. The number of carbonyl (C=O) groups is 3. The van der Waals surface area contributed by atoms with Crippen LogP contribution in [0.2, 0.25) is 0 Å². The molecule has 0 aliphatic rings. The van der Waals surface area contributed by atoms with Gasteiger partial charge in [0.15, 0.2) is 6.61 Å². The van der Waals surface area contributed by atoms with E-state index in [9.17, 15) is 14.4 Å². The third-order valence-electron chi connectivity index (χ3n) is 4.81. The number of amides is 2. The lowest BCUT2D eigenvalue weighted by molar-refractivity contribution is -0.148. The average molecular weight is 432 g/mol. The zero-order chi connectivity index (χ0) is 22.8. The van der Waals surface area contributed by atoms with E-state index in [-0.39, 0.29) is 12.3 Å². The molecule has 0 aliphatic heterocycles. The molecule has 0 heterocycles. The second kappa shape index (κ2) is 11.3. The highest BCUT2D eigenvalue weighted by Crippen LogP contribution is 2.28. The number of ether oxygens (including phenoxy) is 2. The molecule has 0 saturated heterocycles. The van der Waals surface area contributed by atoms with Gasteiger partial charge in [0.25, 0.3) is 11.8 Å². The minimum Gasteiger partial charge on any atom is -0.497 e. The van der Waals surface area contributed by atoms with Crippen LogP contribution in [0.1, 0.15) is 33.8 Å². The molecule has 0 radical (unpaired) electrons. The van der Waals surface area contributed by atoms with Gasteiger partial charge < -0.3 is 9.47 Å². The fourth-order valence-electron chi connectivity index (χ4n) is 3.15. The van der Waals surface area contributed by atoms with Gasteiger partial charge >= 0.3 is 5.97 Å². The number of esters is 1. The summed E-state index contributed by atoms with van der Waals surface area (Å²) in [5.41, 5.74) is 6.82. The molecule has 3 rings (SSSR count). The highest BCUT2D eigenvalue weighted by atomic mass is 16.5. The van der Waals surface area contributed by atoms with Gasteiger partial charge in [-0.25, -0.2) is 0 Å². The number of carbonyl (C=O) groups excluding carboxylic acids is 3. The molecule has 0 aromatic heterocycles. The third kappa shape index (κ3) is 6.43. The normalized spacial score (nSPS) is 10.3. The number of nitrogens with one attached hydrogen (secondary N) is 2. The molecule has 0 bridgehead atoms. The van der Waals surface area contributed by atoms with Crippen LogP contribution in [0.25, 0.3) is 0 Å². The Bertz CT molecular complexity index is 997. The SMILES string of the molecule is COc1ccc(C(=O)NNC(=O)COC(=O)CC(c2ccccc2)c2ccccc2)cc1. The summed E-state index contributed by atoms with van der Waals surface area (Å²) in [6, 6.07) is 25.7. The smallest absolute Gasteiger partial charge is 0.307 e. The first-order valence-corrected chi connectivity index (χ1v) is 10.1. The van der Waals surface area contributed by atoms with E-state index in [1.54, 1.807) is 24.3 Å². The minimum atomic E-state index is -0.642. The second-order valence-electron chi connectivity index (χ2n) is 6.97. The number of methoxy groups -OCH3 is 1. The molecule has 3 aromatic rings. The summed E-state index contributed by atoms with van der Waals surface area (Å²) in [5, 5.41) is 0. The molecule has 164 valence electrons. The molecule has 2 N–H and O–H groups in total. The maximum atomic E-state index is 12.4. The Kier molecular flexibility index (Phi) is 7.97. The Labute approximate surface area is 186 Å².